The van der Waals surface area contributed by atoms with Crippen molar-refractivity contribution in [2.45, 2.75) is 5.41 Å². The molecule has 0 fully saturated rings. The van der Waals surface area contributed by atoms with Gasteiger partial charge in [-0.3, -0.25) is 38.2 Å². The summed E-state index contributed by atoms with van der Waals surface area (Å²) in [5.41, 5.74) is 3.66. The Balaban J connectivity index is 0.000000232. The van der Waals surface area contributed by atoms with Crippen LogP contribution >= 0.6 is 30.4 Å². The van der Waals surface area contributed by atoms with Crippen molar-refractivity contribution in [1.29, 1.82) is 0 Å². The van der Waals surface area contributed by atoms with E-state index in [4.69, 9.17) is 0 Å². The summed E-state index contributed by atoms with van der Waals surface area (Å²) in [6.45, 7) is 0. The van der Waals surface area contributed by atoms with Gasteiger partial charge in [-0.1, -0.05) is 72.8 Å². The molecular formula is C45H40N4O12P4. The zero-order chi connectivity index (χ0) is 46.9. The van der Waals surface area contributed by atoms with Crippen molar-refractivity contribution >= 4 is 51.6 Å². The predicted octanol–water partition coefficient (Wildman–Crippen LogP) is 5.57. The zero-order valence-electron chi connectivity index (χ0n) is 33.8. The molecule has 332 valence electrons. The SMILES string of the molecule is O=P(O)(O)c1ccc(C(c2ccc(P(=O)(O)O)cc2)(c2ccc(P(=O)(O)O)cc2)c2ccc(P(=O)(O)O)cc2)cc1.c1ccc(-c2ccccn2)nc1.c1ccc(-c2ccccn2)nc1. The summed E-state index contributed by atoms with van der Waals surface area (Å²) in [5.74, 6) is 0. The van der Waals surface area contributed by atoms with Crippen molar-refractivity contribution in [2.24, 2.45) is 0 Å². The molecule has 0 spiro atoms. The molecule has 4 aromatic heterocycles. The maximum atomic E-state index is 11.9. The van der Waals surface area contributed by atoms with E-state index in [0.29, 0.717) is 22.3 Å². The Kier molecular flexibility index (Phi) is 15.3. The van der Waals surface area contributed by atoms with E-state index in [1.54, 1.807) is 24.8 Å². The van der Waals surface area contributed by atoms with Gasteiger partial charge in [0.2, 0.25) is 0 Å². The fourth-order valence-corrected chi connectivity index (χ4v) is 8.83. The molecule has 4 heterocycles. The maximum absolute atomic E-state index is 11.9. The molecule has 4 aromatic carbocycles. The molecule has 0 unspecified atom stereocenters. The van der Waals surface area contributed by atoms with Gasteiger partial charge < -0.3 is 39.1 Å². The van der Waals surface area contributed by atoms with E-state index >= 15 is 0 Å². The second kappa shape index (κ2) is 20.5. The third kappa shape index (κ3) is 12.3. The lowest BCUT2D eigenvalue weighted by Crippen LogP contribution is -2.32. The first-order valence-corrected chi connectivity index (χ1v) is 25.5. The standard InChI is InChI=1S/C25H24O12P4.2C10H8N2/c26-38(27,28)21-9-1-17(2-10-21)25(18-3-11-22(12-4-18)39(29,30)31,19-5-13-23(14-6-19)40(32,33)34)20-7-15-24(16-8-20)41(35,36)37;2*1-3-7-11-9(5-1)10-6-2-4-8-12-10/h1-16H,(H2,26,27,28)(H2,29,30,31)(H2,32,33,34)(H2,35,36,37);2*1-8H. The Labute approximate surface area is 372 Å². The molecule has 0 saturated heterocycles. The molecule has 0 bridgehead atoms. The highest BCUT2D eigenvalue weighted by molar-refractivity contribution is 7.61. The van der Waals surface area contributed by atoms with Crippen molar-refractivity contribution in [1.82, 2.24) is 19.9 Å². The first kappa shape index (κ1) is 48.5. The van der Waals surface area contributed by atoms with Gasteiger partial charge in [0.25, 0.3) is 0 Å². The summed E-state index contributed by atoms with van der Waals surface area (Å²) in [6.07, 6.45) is 7.07. The highest BCUT2D eigenvalue weighted by Gasteiger charge is 2.40. The Hall–Kier alpha value is -5.92. The number of aromatic nitrogens is 4. The largest absolute Gasteiger partial charge is 0.356 e. The highest BCUT2D eigenvalue weighted by Crippen LogP contribution is 2.47. The monoisotopic (exact) mass is 952 g/mol. The van der Waals surface area contributed by atoms with Crippen LogP contribution in [0.2, 0.25) is 0 Å². The Morgan fingerprint density at radius 2 is 0.462 bits per heavy atom. The molecule has 8 aromatic rings. The van der Waals surface area contributed by atoms with Gasteiger partial charge in [-0.2, -0.15) is 0 Å². The third-order valence-corrected chi connectivity index (χ3v) is 13.6. The van der Waals surface area contributed by atoms with Crippen LogP contribution in [0.4, 0.5) is 0 Å². The fraction of sp³-hybridized carbons (Fsp3) is 0.0222. The summed E-state index contributed by atoms with van der Waals surface area (Å²) < 4.78 is 47.5. The molecule has 16 nitrogen and oxygen atoms in total. The van der Waals surface area contributed by atoms with Crippen LogP contribution in [0.5, 0.6) is 0 Å². The van der Waals surface area contributed by atoms with E-state index in [2.05, 4.69) is 19.9 Å². The van der Waals surface area contributed by atoms with Crippen LogP contribution in [-0.2, 0) is 23.7 Å². The van der Waals surface area contributed by atoms with Gasteiger partial charge in [0, 0.05) is 24.8 Å². The topological polar surface area (TPSA) is 282 Å². The highest BCUT2D eigenvalue weighted by atomic mass is 31.2. The molecular weight excluding hydrogens is 912 g/mol. The lowest BCUT2D eigenvalue weighted by molar-refractivity contribution is 0.385. The average Bonchev–Trinajstić information content (AvgIpc) is 3.30. The first-order chi connectivity index (χ1) is 30.8. The zero-order valence-corrected chi connectivity index (χ0v) is 37.3. The van der Waals surface area contributed by atoms with E-state index in [9.17, 15) is 57.4 Å². The van der Waals surface area contributed by atoms with E-state index in [0.717, 1.165) is 22.8 Å². The third-order valence-electron chi connectivity index (χ3n) is 9.73. The van der Waals surface area contributed by atoms with Crippen molar-refractivity contribution < 1.29 is 57.4 Å². The van der Waals surface area contributed by atoms with Crippen LogP contribution in [0.15, 0.2) is 195 Å². The molecule has 8 N–H and O–H groups in total. The van der Waals surface area contributed by atoms with Gasteiger partial charge in [-0.15, -0.1) is 0 Å². The van der Waals surface area contributed by atoms with E-state index in [-0.39, 0.29) is 21.2 Å². The van der Waals surface area contributed by atoms with Crippen molar-refractivity contribution in [3.05, 3.63) is 217 Å². The van der Waals surface area contributed by atoms with E-state index < -0.39 is 35.8 Å². The number of hydrogen-bond donors (Lipinski definition) is 8. The van der Waals surface area contributed by atoms with Gasteiger partial charge in [-0.25, -0.2) is 0 Å². The summed E-state index contributed by atoms with van der Waals surface area (Å²) in [6, 6.07) is 44.1. The molecule has 0 radical (unpaired) electrons. The average molecular weight is 953 g/mol. The maximum Gasteiger partial charge on any atom is 0.356 e. The van der Waals surface area contributed by atoms with Crippen molar-refractivity contribution in [3.63, 3.8) is 0 Å². The predicted molar refractivity (Wildman–Crippen MR) is 246 cm³/mol. The van der Waals surface area contributed by atoms with Crippen LogP contribution in [0.25, 0.3) is 22.8 Å². The first-order valence-electron chi connectivity index (χ1n) is 19.1. The molecule has 20 heteroatoms. The van der Waals surface area contributed by atoms with Crippen LogP contribution in [0.3, 0.4) is 0 Å². The Morgan fingerprint density at radius 3 is 0.600 bits per heavy atom. The second-order valence-corrected chi connectivity index (χ2v) is 20.4. The van der Waals surface area contributed by atoms with Crippen molar-refractivity contribution in [3.8, 4) is 22.8 Å². The molecule has 0 aliphatic carbocycles. The van der Waals surface area contributed by atoms with Crippen LogP contribution in [0, 0.1) is 0 Å². The molecule has 65 heavy (non-hydrogen) atoms. The summed E-state index contributed by atoms with van der Waals surface area (Å²) >= 11 is 0. The quantitative estimate of drug-likeness (QED) is 0.0615. The van der Waals surface area contributed by atoms with Crippen molar-refractivity contribution in [2.75, 3.05) is 0 Å². The minimum Gasteiger partial charge on any atom is -0.321 e. The molecule has 0 aliphatic heterocycles. The summed E-state index contributed by atoms with van der Waals surface area (Å²) in [5, 5.41) is -1.16. The van der Waals surface area contributed by atoms with Gasteiger partial charge >= 0.3 is 30.4 Å². The number of benzene rings is 4. The van der Waals surface area contributed by atoms with Gasteiger partial charge in [0.05, 0.1) is 49.4 Å². The summed E-state index contributed by atoms with van der Waals surface area (Å²) in [4.78, 5) is 93.9. The smallest absolute Gasteiger partial charge is 0.321 e. The van der Waals surface area contributed by atoms with Crippen LogP contribution in [0.1, 0.15) is 22.3 Å². The Bertz CT molecular complexity index is 2570. The van der Waals surface area contributed by atoms with Gasteiger partial charge in [-0.05, 0) is 119 Å². The molecule has 0 atom stereocenters. The second-order valence-electron chi connectivity index (χ2n) is 14.0. The van der Waals surface area contributed by atoms with Gasteiger partial charge in [0.1, 0.15) is 0 Å². The fourth-order valence-electron chi connectivity index (χ4n) is 6.68. The van der Waals surface area contributed by atoms with E-state index in [1.807, 2.05) is 72.8 Å². The van der Waals surface area contributed by atoms with E-state index in [1.165, 1.54) is 97.1 Å². The summed E-state index contributed by atoms with van der Waals surface area (Å²) in [7, 11) is -18.6. The minimum absolute atomic E-state index is 0.291. The number of pyridine rings is 4. The Morgan fingerprint density at radius 1 is 0.277 bits per heavy atom. The number of nitrogens with zero attached hydrogens (tertiary/aromatic N) is 4. The lowest BCUT2D eigenvalue weighted by Gasteiger charge is -2.37. The minimum atomic E-state index is -4.64. The lowest BCUT2D eigenvalue weighted by atomic mass is 9.65. The van der Waals surface area contributed by atoms with Crippen LogP contribution in [-0.4, -0.2) is 59.1 Å². The number of hydrogen-bond acceptors (Lipinski definition) is 8. The normalized spacial score (nSPS) is 11.9. The molecule has 0 aliphatic rings. The van der Waals surface area contributed by atoms with Crippen LogP contribution < -0.4 is 21.2 Å². The number of rotatable bonds is 10. The van der Waals surface area contributed by atoms with Gasteiger partial charge in [0.15, 0.2) is 0 Å². The molecule has 0 saturated carbocycles. The molecule has 0 amide bonds. The molecule has 8 rings (SSSR count).